The molecule has 0 bridgehead atoms. The average molecular weight is 413 g/mol. The first-order chi connectivity index (χ1) is 15.7. The number of benzene rings is 4. The lowest BCUT2D eigenvalue weighted by Gasteiger charge is -2.20. The van der Waals surface area contributed by atoms with Crippen LogP contribution in [-0.2, 0) is 0 Å². The second-order valence-electron chi connectivity index (χ2n) is 9.42. The van der Waals surface area contributed by atoms with E-state index in [1.165, 1.54) is 68.1 Å². The van der Waals surface area contributed by atoms with E-state index in [9.17, 15) is 0 Å². The van der Waals surface area contributed by atoms with Crippen molar-refractivity contribution >= 4 is 22.9 Å². The van der Waals surface area contributed by atoms with Crippen LogP contribution in [0.15, 0.2) is 96.1 Å². The SMILES string of the molecule is CC1=Cc2ccccc2C1CCC1C(C)=Cc2c(-c3cccc4ccccc34)cccc21. The molecule has 2 aliphatic carbocycles. The molecule has 0 heteroatoms. The Bertz CT molecular complexity index is 1390. The number of hydrogen-bond donors (Lipinski definition) is 0. The average Bonchev–Trinajstić information content (AvgIpc) is 3.32. The van der Waals surface area contributed by atoms with Crippen molar-refractivity contribution in [1.82, 2.24) is 0 Å². The summed E-state index contributed by atoms with van der Waals surface area (Å²) >= 11 is 0. The molecule has 0 fully saturated rings. The van der Waals surface area contributed by atoms with Crippen LogP contribution in [0, 0.1) is 0 Å². The van der Waals surface area contributed by atoms with Crippen molar-refractivity contribution in [2.45, 2.75) is 38.5 Å². The summed E-state index contributed by atoms with van der Waals surface area (Å²) in [6, 6.07) is 31.2. The van der Waals surface area contributed by atoms with E-state index >= 15 is 0 Å². The van der Waals surface area contributed by atoms with Crippen molar-refractivity contribution in [3.63, 3.8) is 0 Å². The van der Waals surface area contributed by atoms with Crippen LogP contribution < -0.4 is 0 Å². The van der Waals surface area contributed by atoms with Crippen molar-refractivity contribution in [3.8, 4) is 11.1 Å². The molecule has 156 valence electrons. The highest BCUT2D eigenvalue weighted by Gasteiger charge is 2.28. The fraction of sp³-hybridized carbons (Fsp3) is 0.188. The highest BCUT2D eigenvalue weighted by atomic mass is 14.3. The Labute approximate surface area is 190 Å². The van der Waals surface area contributed by atoms with Gasteiger partial charge >= 0.3 is 0 Å². The predicted molar refractivity (Wildman–Crippen MR) is 138 cm³/mol. The molecule has 0 saturated carbocycles. The lowest BCUT2D eigenvalue weighted by Crippen LogP contribution is -2.03. The Kier molecular flexibility index (Phi) is 4.61. The highest BCUT2D eigenvalue weighted by molar-refractivity contribution is 5.99. The van der Waals surface area contributed by atoms with Gasteiger partial charge in [0.25, 0.3) is 0 Å². The van der Waals surface area contributed by atoms with E-state index in [2.05, 4.69) is 111 Å². The Morgan fingerprint density at radius 2 is 1.19 bits per heavy atom. The third-order valence-electron chi connectivity index (χ3n) is 7.56. The van der Waals surface area contributed by atoms with E-state index < -0.39 is 0 Å². The molecule has 2 aliphatic rings. The molecule has 0 saturated heterocycles. The van der Waals surface area contributed by atoms with Crippen LogP contribution >= 0.6 is 0 Å². The van der Waals surface area contributed by atoms with E-state index in [1.807, 2.05) is 0 Å². The summed E-state index contributed by atoms with van der Waals surface area (Å²) < 4.78 is 0. The number of rotatable bonds is 4. The van der Waals surface area contributed by atoms with Crippen LogP contribution in [0.5, 0.6) is 0 Å². The third kappa shape index (κ3) is 3.06. The monoisotopic (exact) mass is 412 g/mol. The summed E-state index contributed by atoms with van der Waals surface area (Å²) in [5.74, 6) is 1.07. The van der Waals surface area contributed by atoms with Gasteiger partial charge in [0.1, 0.15) is 0 Å². The smallest absolute Gasteiger partial charge is 0.00552 e. The molecule has 2 unspecified atom stereocenters. The molecular formula is C32H28. The van der Waals surface area contributed by atoms with E-state index in [1.54, 1.807) is 0 Å². The zero-order chi connectivity index (χ0) is 21.7. The minimum Gasteiger partial charge on any atom is -0.0652 e. The van der Waals surface area contributed by atoms with Crippen molar-refractivity contribution in [2.75, 3.05) is 0 Å². The summed E-state index contributed by atoms with van der Waals surface area (Å²) in [4.78, 5) is 0. The second kappa shape index (κ2) is 7.64. The van der Waals surface area contributed by atoms with Crippen molar-refractivity contribution in [1.29, 1.82) is 0 Å². The van der Waals surface area contributed by atoms with E-state index in [4.69, 9.17) is 0 Å². The standard InChI is InChI=1S/C32H28/c1-21-19-24-10-4-6-13-28(24)25(21)17-18-26-22(2)20-32-29(26)15-8-16-31(32)30-14-7-11-23-9-3-5-12-27(23)30/h3-16,19-20,25-26H,17-18H2,1-2H3. The van der Waals surface area contributed by atoms with Crippen LogP contribution in [0.25, 0.3) is 34.1 Å². The van der Waals surface area contributed by atoms with Gasteiger partial charge in [0, 0.05) is 11.8 Å². The molecule has 0 aromatic heterocycles. The van der Waals surface area contributed by atoms with Crippen molar-refractivity contribution < 1.29 is 0 Å². The van der Waals surface area contributed by atoms with Gasteiger partial charge in [-0.3, -0.25) is 0 Å². The Morgan fingerprint density at radius 1 is 0.562 bits per heavy atom. The van der Waals surface area contributed by atoms with Gasteiger partial charge in [-0.25, -0.2) is 0 Å². The van der Waals surface area contributed by atoms with Crippen molar-refractivity contribution in [2.24, 2.45) is 0 Å². The molecule has 0 aliphatic heterocycles. The molecule has 4 aromatic carbocycles. The van der Waals surface area contributed by atoms with Crippen LogP contribution in [0.4, 0.5) is 0 Å². The molecule has 0 N–H and O–H groups in total. The van der Waals surface area contributed by atoms with Gasteiger partial charge in [0.2, 0.25) is 0 Å². The molecule has 6 rings (SSSR count). The molecule has 0 nitrogen and oxygen atoms in total. The highest BCUT2D eigenvalue weighted by Crippen LogP contribution is 2.47. The molecule has 32 heavy (non-hydrogen) atoms. The summed E-state index contributed by atoms with van der Waals surface area (Å²) in [5, 5.41) is 2.64. The largest absolute Gasteiger partial charge is 0.0652 e. The summed E-state index contributed by atoms with van der Waals surface area (Å²) in [6.45, 7) is 4.62. The van der Waals surface area contributed by atoms with Crippen molar-refractivity contribution in [3.05, 3.63) is 118 Å². The molecule has 0 amide bonds. The van der Waals surface area contributed by atoms with Crippen LogP contribution in [0.2, 0.25) is 0 Å². The topological polar surface area (TPSA) is 0 Å². The zero-order valence-electron chi connectivity index (χ0n) is 18.8. The lowest BCUT2D eigenvalue weighted by atomic mass is 9.84. The lowest BCUT2D eigenvalue weighted by molar-refractivity contribution is 0.611. The molecule has 2 atom stereocenters. The van der Waals surface area contributed by atoms with Crippen LogP contribution in [0.1, 0.15) is 60.8 Å². The Hall–Kier alpha value is -3.38. The molecule has 0 radical (unpaired) electrons. The predicted octanol–water partition coefficient (Wildman–Crippen LogP) is 8.99. The quantitative estimate of drug-likeness (QED) is 0.314. The van der Waals surface area contributed by atoms with Gasteiger partial charge < -0.3 is 0 Å². The number of fused-ring (bicyclic) bond motifs is 3. The summed E-state index contributed by atoms with van der Waals surface area (Å²) in [7, 11) is 0. The molecule has 4 aromatic rings. The van der Waals surface area contributed by atoms with Gasteiger partial charge in [-0.1, -0.05) is 108 Å². The maximum Gasteiger partial charge on any atom is 0.00552 e. The Balaban J connectivity index is 1.34. The van der Waals surface area contributed by atoms with E-state index in [0.29, 0.717) is 11.8 Å². The first kappa shape index (κ1) is 19.3. The van der Waals surface area contributed by atoms with Gasteiger partial charge in [-0.05, 0) is 70.8 Å². The van der Waals surface area contributed by atoms with E-state index in [-0.39, 0.29) is 0 Å². The van der Waals surface area contributed by atoms with Crippen LogP contribution in [0.3, 0.4) is 0 Å². The number of hydrogen-bond acceptors (Lipinski definition) is 0. The fourth-order valence-corrected chi connectivity index (χ4v) is 5.97. The number of allylic oxidation sites excluding steroid dienone is 2. The van der Waals surface area contributed by atoms with Crippen LogP contribution in [-0.4, -0.2) is 0 Å². The minimum absolute atomic E-state index is 0.514. The maximum absolute atomic E-state index is 2.45. The summed E-state index contributed by atoms with van der Waals surface area (Å²) in [5.41, 5.74) is 11.6. The maximum atomic E-state index is 2.45. The van der Waals surface area contributed by atoms with Gasteiger partial charge in [0.15, 0.2) is 0 Å². The Morgan fingerprint density at radius 3 is 2.09 bits per heavy atom. The van der Waals surface area contributed by atoms with Gasteiger partial charge in [-0.15, -0.1) is 0 Å². The molecule has 0 heterocycles. The minimum atomic E-state index is 0.514. The molecule has 0 spiro atoms. The summed E-state index contributed by atoms with van der Waals surface area (Å²) in [6.07, 6.45) is 7.22. The molecular weight excluding hydrogens is 384 g/mol. The fourth-order valence-electron chi connectivity index (χ4n) is 5.97. The first-order valence-corrected chi connectivity index (χ1v) is 11.8. The zero-order valence-corrected chi connectivity index (χ0v) is 18.8. The first-order valence-electron chi connectivity index (χ1n) is 11.8. The third-order valence-corrected chi connectivity index (χ3v) is 7.56. The normalized spacial score (nSPS) is 18.9. The van der Waals surface area contributed by atoms with Gasteiger partial charge in [0.05, 0.1) is 0 Å². The second-order valence-corrected chi connectivity index (χ2v) is 9.42. The van der Waals surface area contributed by atoms with Gasteiger partial charge in [-0.2, -0.15) is 0 Å². The van der Waals surface area contributed by atoms with E-state index in [0.717, 1.165) is 0 Å².